The van der Waals surface area contributed by atoms with Gasteiger partial charge in [-0.3, -0.25) is 4.98 Å². The van der Waals surface area contributed by atoms with E-state index in [-0.39, 0.29) is 18.2 Å². The Labute approximate surface area is 158 Å². The van der Waals surface area contributed by atoms with Gasteiger partial charge in [0.2, 0.25) is 5.88 Å². The van der Waals surface area contributed by atoms with Crippen LogP contribution in [0.5, 0.6) is 17.4 Å². The lowest BCUT2D eigenvalue weighted by Crippen LogP contribution is -2.41. The van der Waals surface area contributed by atoms with Crippen LogP contribution in [0.25, 0.3) is 0 Å². The molecule has 1 aliphatic rings. The number of hydrogen-bond donors (Lipinski definition) is 2. The Balaban J connectivity index is 1.47. The van der Waals surface area contributed by atoms with Crippen molar-refractivity contribution in [2.24, 2.45) is 0 Å². The first-order valence-corrected chi connectivity index (χ1v) is 8.90. The molecule has 8 heteroatoms. The van der Waals surface area contributed by atoms with E-state index in [1.807, 2.05) is 0 Å². The van der Waals surface area contributed by atoms with E-state index in [0.29, 0.717) is 23.1 Å². The molecule has 2 N–H and O–H groups in total. The smallest absolute Gasteiger partial charge is 0.319 e. The van der Waals surface area contributed by atoms with Gasteiger partial charge in [0, 0.05) is 24.5 Å². The largest absolute Gasteiger partial charge is 0.497 e. The molecule has 0 radical (unpaired) electrons. The van der Waals surface area contributed by atoms with Gasteiger partial charge >= 0.3 is 6.03 Å². The summed E-state index contributed by atoms with van der Waals surface area (Å²) >= 11 is 0. The minimum Gasteiger partial charge on any atom is -0.497 e. The molecular weight excluding hydrogens is 348 g/mol. The minimum absolute atomic E-state index is 0.101. The molecule has 144 valence electrons. The maximum atomic E-state index is 12.3. The number of benzene rings is 1. The first kappa shape index (κ1) is 18.8. The van der Waals surface area contributed by atoms with E-state index in [4.69, 9.17) is 14.2 Å². The standard InChI is InChI=1S/C19H24N4O4/c1-25-15-7-8-16(17(11-15)26-2)23-19(24)22-13-3-5-14(6-4-13)27-18-12-20-9-10-21-18/h7-14H,3-6H2,1-2H3,(H2,22,23,24). The monoisotopic (exact) mass is 372 g/mol. The normalized spacial score (nSPS) is 19.0. The molecule has 2 amide bonds. The van der Waals surface area contributed by atoms with Crippen molar-refractivity contribution < 1.29 is 19.0 Å². The Morgan fingerprint density at radius 3 is 2.59 bits per heavy atom. The molecule has 1 aromatic heterocycles. The van der Waals surface area contributed by atoms with Crippen LogP contribution in [0.15, 0.2) is 36.8 Å². The highest BCUT2D eigenvalue weighted by molar-refractivity contribution is 5.91. The van der Waals surface area contributed by atoms with Gasteiger partial charge in [0.1, 0.15) is 17.6 Å². The Morgan fingerprint density at radius 2 is 1.93 bits per heavy atom. The molecule has 8 nitrogen and oxygen atoms in total. The third-order valence-electron chi connectivity index (χ3n) is 4.49. The van der Waals surface area contributed by atoms with Gasteiger partial charge in [-0.25, -0.2) is 9.78 Å². The lowest BCUT2D eigenvalue weighted by Gasteiger charge is -2.29. The first-order chi connectivity index (χ1) is 13.2. The molecule has 1 saturated carbocycles. The lowest BCUT2D eigenvalue weighted by atomic mass is 9.93. The Morgan fingerprint density at radius 1 is 1.11 bits per heavy atom. The van der Waals surface area contributed by atoms with Crippen LogP contribution in [0.1, 0.15) is 25.7 Å². The number of nitrogens with one attached hydrogen (secondary N) is 2. The van der Waals surface area contributed by atoms with E-state index < -0.39 is 0 Å². The molecule has 0 spiro atoms. The summed E-state index contributed by atoms with van der Waals surface area (Å²) in [4.78, 5) is 20.4. The molecule has 0 atom stereocenters. The third kappa shape index (κ3) is 5.22. The maximum Gasteiger partial charge on any atom is 0.319 e. The average molecular weight is 372 g/mol. The number of ether oxygens (including phenoxy) is 3. The van der Waals surface area contributed by atoms with Crippen LogP contribution in [0, 0.1) is 0 Å². The van der Waals surface area contributed by atoms with Crippen molar-refractivity contribution in [3.63, 3.8) is 0 Å². The molecule has 27 heavy (non-hydrogen) atoms. The summed E-state index contributed by atoms with van der Waals surface area (Å²) < 4.78 is 16.3. The molecule has 3 rings (SSSR count). The fourth-order valence-corrected chi connectivity index (χ4v) is 3.09. The third-order valence-corrected chi connectivity index (χ3v) is 4.49. The van der Waals surface area contributed by atoms with Crippen LogP contribution >= 0.6 is 0 Å². The van der Waals surface area contributed by atoms with Crippen LogP contribution in [0.4, 0.5) is 10.5 Å². The SMILES string of the molecule is COc1ccc(NC(=O)NC2CCC(Oc3cnccn3)CC2)c(OC)c1. The summed E-state index contributed by atoms with van der Waals surface area (Å²) in [6.07, 6.45) is 8.34. The van der Waals surface area contributed by atoms with E-state index in [2.05, 4.69) is 20.6 Å². The van der Waals surface area contributed by atoms with Gasteiger partial charge < -0.3 is 24.8 Å². The molecule has 1 aliphatic carbocycles. The van der Waals surface area contributed by atoms with Gasteiger partial charge in [-0.15, -0.1) is 0 Å². The fourth-order valence-electron chi connectivity index (χ4n) is 3.09. The number of urea groups is 1. The molecular formula is C19H24N4O4. The predicted molar refractivity (Wildman–Crippen MR) is 100 cm³/mol. The number of aromatic nitrogens is 2. The number of hydrogen-bond acceptors (Lipinski definition) is 6. The molecule has 1 heterocycles. The predicted octanol–water partition coefficient (Wildman–Crippen LogP) is 3.01. The molecule has 1 aromatic carbocycles. The van der Waals surface area contributed by atoms with E-state index in [0.717, 1.165) is 25.7 Å². The summed E-state index contributed by atoms with van der Waals surface area (Å²) in [6.45, 7) is 0. The van der Waals surface area contributed by atoms with Crippen molar-refractivity contribution in [2.75, 3.05) is 19.5 Å². The Hall–Kier alpha value is -3.03. The van der Waals surface area contributed by atoms with Crippen LogP contribution in [0.3, 0.4) is 0 Å². The molecule has 0 bridgehead atoms. The minimum atomic E-state index is -0.253. The summed E-state index contributed by atoms with van der Waals surface area (Å²) in [5.41, 5.74) is 0.593. The second-order valence-electron chi connectivity index (χ2n) is 6.30. The van der Waals surface area contributed by atoms with E-state index >= 15 is 0 Å². The van der Waals surface area contributed by atoms with Gasteiger partial charge in [0.15, 0.2) is 0 Å². The fraction of sp³-hybridized carbons (Fsp3) is 0.421. The highest BCUT2D eigenvalue weighted by atomic mass is 16.5. The van der Waals surface area contributed by atoms with Gasteiger partial charge in [0.05, 0.1) is 26.1 Å². The Bertz CT molecular complexity index is 749. The zero-order valence-corrected chi connectivity index (χ0v) is 15.5. The summed E-state index contributed by atoms with van der Waals surface area (Å²) in [5, 5.41) is 5.84. The van der Waals surface area contributed by atoms with Gasteiger partial charge in [0.25, 0.3) is 0 Å². The van der Waals surface area contributed by atoms with Crippen molar-refractivity contribution in [3.05, 3.63) is 36.8 Å². The molecule has 0 unspecified atom stereocenters. The highest BCUT2D eigenvalue weighted by Gasteiger charge is 2.24. The molecule has 2 aromatic rings. The van der Waals surface area contributed by atoms with E-state index in [1.165, 1.54) is 0 Å². The second-order valence-corrected chi connectivity index (χ2v) is 6.30. The van der Waals surface area contributed by atoms with Crippen LogP contribution in [0.2, 0.25) is 0 Å². The molecule has 0 saturated heterocycles. The summed E-state index contributed by atoms with van der Waals surface area (Å²) in [7, 11) is 3.13. The lowest BCUT2D eigenvalue weighted by molar-refractivity contribution is 0.135. The van der Waals surface area contributed by atoms with E-state index in [9.17, 15) is 4.79 Å². The van der Waals surface area contributed by atoms with Crippen molar-refractivity contribution >= 4 is 11.7 Å². The quantitative estimate of drug-likeness (QED) is 0.809. The van der Waals surface area contributed by atoms with Crippen molar-refractivity contribution in [1.82, 2.24) is 15.3 Å². The number of carbonyl (C=O) groups excluding carboxylic acids is 1. The van der Waals surface area contributed by atoms with Crippen molar-refractivity contribution in [3.8, 4) is 17.4 Å². The number of nitrogens with zero attached hydrogens (tertiary/aromatic N) is 2. The van der Waals surface area contributed by atoms with Crippen LogP contribution < -0.4 is 24.8 Å². The van der Waals surface area contributed by atoms with E-state index in [1.54, 1.807) is 51.0 Å². The topological polar surface area (TPSA) is 94.6 Å². The zero-order chi connectivity index (χ0) is 19.1. The van der Waals surface area contributed by atoms with Crippen LogP contribution in [-0.4, -0.2) is 42.4 Å². The van der Waals surface area contributed by atoms with Gasteiger partial charge in [-0.1, -0.05) is 0 Å². The van der Waals surface area contributed by atoms with Crippen molar-refractivity contribution in [1.29, 1.82) is 0 Å². The van der Waals surface area contributed by atoms with Gasteiger partial charge in [-0.05, 0) is 37.8 Å². The number of carbonyl (C=O) groups is 1. The van der Waals surface area contributed by atoms with Crippen molar-refractivity contribution in [2.45, 2.75) is 37.8 Å². The number of anilines is 1. The highest BCUT2D eigenvalue weighted by Crippen LogP contribution is 2.29. The number of rotatable bonds is 6. The first-order valence-electron chi connectivity index (χ1n) is 8.90. The summed E-state index contributed by atoms with van der Waals surface area (Å²) in [5.74, 6) is 1.75. The van der Waals surface area contributed by atoms with Gasteiger partial charge in [-0.2, -0.15) is 0 Å². The molecule has 1 fully saturated rings. The maximum absolute atomic E-state index is 12.3. The second kappa shape index (κ2) is 9.07. The number of amides is 2. The zero-order valence-electron chi connectivity index (χ0n) is 15.5. The van der Waals surface area contributed by atoms with Crippen LogP contribution in [-0.2, 0) is 0 Å². The average Bonchev–Trinajstić information content (AvgIpc) is 2.70. The number of methoxy groups -OCH3 is 2. The molecule has 0 aliphatic heterocycles. The summed E-state index contributed by atoms with van der Waals surface area (Å²) in [6, 6.07) is 5.11. The Kier molecular flexibility index (Phi) is 6.30.